The Balaban J connectivity index is 1.45. The zero-order valence-corrected chi connectivity index (χ0v) is 20.5. The highest BCUT2D eigenvalue weighted by Crippen LogP contribution is 2.40. The molecule has 0 radical (unpaired) electrons. The molecule has 2 fully saturated rings. The summed E-state index contributed by atoms with van der Waals surface area (Å²) in [7, 11) is 0. The van der Waals surface area contributed by atoms with Gasteiger partial charge in [0.2, 0.25) is 0 Å². The molecule has 31 heavy (non-hydrogen) atoms. The van der Waals surface area contributed by atoms with E-state index in [1.54, 1.807) is 0 Å². The highest BCUT2D eigenvalue weighted by atomic mass is 79.9. The minimum absolute atomic E-state index is 0.0832. The predicted octanol–water partition coefficient (Wildman–Crippen LogP) is 8.48. The summed E-state index contributed by atoms with van der Waals surface area (Å²) in [6.45, 7) is 3.14. The fourth-order valence-electron chi connectivity index (χ4n) is 5.39. The first-order chi connectivity index (χ1) is 15.2. The third-order valence-corrected chi connectivity index (χ3v) is 7.72. The van der Waals surface area contributed by atoms with E-state index in [2.05, 4.69) is 71.4 Å². The van der Waals surface area contributed by atoms with Gasteiger partial charge in [-0.3, -0.25) is 0 Å². The molecule has 4 rings (SSSR count). The van der Waals surface area contributed by atoms with Gasteiger partial charge in [-0.2, -0.15) is 0 Å². The lowest BCUT2D eigenvalue weighted by Crippen LogP contribution is -2.24. The quantitative estimate of drug-likeness (QED) is 0.373. The van der Waals surface area contributed by atoms with Crippen molar-refractivity contribution >= 4 is 15.9 Å². The van der Waals surface area contributed by atoms with Crippen LogP contribution in [-0.4, -0.2) is 12.9 Å². The maximum absolute atomic E-state index is 6.07. The first kappa shape index (κ1) is 22.9. The second-order valence-corrected chi connectivity index (χ2v) is 10.4. The van der Waals surface area contributed by atoms with Crippen LogP contribution >= 0.6 is 15.9 Å². The molecular formula is C28H37BrO2. The number of benzene rings is 2. The smallest absolute Gasteiger partial charge is 0.199 e. The van der Waals surface area contributed by atoms with Crippen LogP contribution in [0.15, 0.2) is 53.0 Å². The van der Waals surface area contributed by atoms with Gasteiger partial charge >= 0.3 is 0 Å². The van der Waals surface area contributed by atoms with Crippen LogP contribution in [0.25, 0.3) is 0 Å². The minimum atomic E-state index is -0.0832. The Morgan fingerprint density at radius 2 is 1.52 bits per heavy atom. The number of hydrogen-bond donors (Lipinski definition) is 0. The Kier molecular flexibility index (Phi) is 8.49. The molecule has 2 unspecified atom stereocenters. The van der Waals surface area contributed by atoms with E-state index in [9.17, 15) is 0 Å². The average Bonchev–Trinajstić information content (AvgIpc) is 2.81. The number of rotatable bonds is 8. The Morgan fingerprint density at radius 3 is 2.13 bits per heavy atom. The summed E-state index contributed by atoms with van der Waals surface area (Å²) in [5.41, 5.74) is 2.82. The van der Waals surface area contributed by atoms with Crippen LogP contribution < -0.4 is 4.74 Å². The van der Waals surface area contributed by atoms with Gasteiger partial charge in [-0.15, -0.1) is 0 Å². The van der Waals surface area contributed by atoms with Crippen LogP contribution in [0.2, 0.25) is 0 Å². The average molecular weight is 486 g/mol. The van der Waals surface area contributed by atoms with Crippen molar-refractivity contribution < 1.29 is 9.47 Å². The van der Waals surface area contributed by atoms with Crippen molar-refractivity contribution in [2.45, 2.75) is 83.3 Å². The first-order valence-corrected chi connectivity index (χ1v) is 13.1. The van der Waals surface area contributed by atoms with Gasteiger partial charge in [-0.05, 0) is 66.5 Å². The maximum Gasteiger partial charge on any atom is 0.199 e. The first-order valence-electron chi connectivity index (χ1n) is 12.3. The highest BCUT2D eigenvalue weighted by Gasteiger charge is 2.25. The molecule has 0 aromatic heterocycles. The largest absolute Gasteiger partial charge is 0.465 e. The molecule has 2 aromatic rings. The lowest BCUT2D eigenvalue weighted by atomic mass is 9.74. The van der Waals surface area contributed by atoms with E-state index >= 15 is 0 Å². The minimum Gasteiger partial charge on any atom is -0.465 e. The molecule has 168 valence electrons. The molecule has 2 aromatic carbocycles. The van der Waals surface area contributed by atoms with Gasteiger partial charge in [0, 0.05) is 16.8 Å². The van der Waals surface area contributed by atoms with Crippen LogP contribution in [0, 0.1) is 11.8 Å². The second-order valence-electron chi connectivity index (χ2n) is 9.50. The summed E-state index contributed by atoms with van der Waals surface area (Å²) in [5, 5.41) is 0. The van der Waals surface area contributed by atoms with Crippen LogP contribution in [0.5, 0.6) is 5.75 Å². The molecule has 0 N–H and O–H groups in total. The molecule has 2 aliphatic rings. The fraction of sp³-hybridized carbons (Fsp3) is 0.571. The maximum atomic E-state index is 6.07. The van der Waals surface area contributed by atoms with E-state index in [-0.39, 0.29) is 6.29 Å². The van der Waals surface area contributed by atoms with Crippen molar-refractivity contribution in [2.24, 2.45) is 11.8 Å². The third-order valence-electron chi connectivity index (χ3n) is 7.19. The topological polar surface area (TPSA) is 18.5 Å². The lowest BCUT2D eigenvalue weighted by Gasteiger charge is -2.31. The summed E-state index contributed by atoms with van der Waals surface area (Å²) in [5.74, 6) is 3.16. The fourth-order valence-corrected chi connectivity index (χ4v) is 5.66. The molecule has 1 saturated carbocycles. The van der Waals surface area contributed by atoms with Crippen LogP contribution in [0.3, 0.4) is 0 Å². The van der Waals surface area contributed by atoms with Gasteiger partial charge < -0.3 is 9.47 Å². The molecule has 0 amide bonds. The van der Waals surface area contributed by atoms with Crippen molar-refractivity contribution in [3.05, 3.63) is 64.1 Å². The van der Waals surface area contributed by atoms with E-state index in [1.165, 1.54) is 62.5 Å². The van der Waals surface area contributed by atoms with Crippen LogP contribution in [-0.2, 0) is 4.74 Å². The highest BCUT2D eigenvalue weighted by molar-refractivity contribution is 9.10. The van der Waals surface area contributed by atoms with E-state index < -0.39 is 0 Å². The van der Waals surface area contributed by atoms with E-state index in [0.717, 1.165) is 41.5 Å². The Labute approximate surface area is 196 Å². The van der Waals surface area contributed by atoms with Crippen molar-refractivity contribution in [2.75, 3.05) is 6.61 Å². The molecule has 1 heterocycles. The number of halogens is 1. The van der Waals surface area contributed by atoms with E-state index in [0.29, 0.717) is 5.92 Å². The summed E-state index contributed by atoms with van der Waals surface area (Å²) < 4.78 is 13.0. The van der Waals surface area contributed by atoms with E-state index in [1.807, 2.05) is 0 Å². The molecular weight excluding hydrogens is 448 g/mol. The summed E-state index contributed by atoms with van der Waals surface area (Å²) in [6, 6.07) is 17.8. The molecule has 2 nitrogen and oxygen atoms in total. The van der Waals surface area contributed by atoms with Gasteiger partial charge in [-0.1, -0.05) is 85.6 Å². The van der Waals surface area contributed by atoms with Gasteiger partial charge in [0.1, 0.15) is 5.75 Å². The number of ether oxygens (including phenoxy) is 2. The third kappa shape index (κ3) is 6.58. The van der Waals surface area contributed by atoms with Gasteiger partial charge in [0.15, 0.2) is 6.29 Å². The zero-order chi connectivity index (χ0) is 21.5. The van der Waals surface area contributed by atoms with E-state index in [4.69, 9.17) is 9.47 Å². The summed E-state index contributed by atoms with van der Waals surface area (Å²) in [6.07, 6.45) is 12.8. The molecule has 3 heteroatoms. The molecule has 1 saturated heterocycles. The Bertz CT molecular complexity index is 772. The molecule has 0 spiro atoms. The van der Waals surface area contributed by atoms with Gasteiger partial charge in [-0.25, -0.2) is 0 Å². The Morgan fingerprint density at radius 1 is 0.871 bits per heavy atom. The molecule has 1 aliphatic carbocycles. The zero-order valence-electron chi connectivity index (χ0n) is 18.9. The van der Waals surface area contributed by atoms with Crippen LogP contribution in [0.1, 0.15) is 88.2 Å². The number of hydrogen-bond acceptors (Lipinski definition) is 2. The van der Waals surface area contributed by atoms with Crippen molar-refractivity contribution in [1.82, 2.24) is 0 Å². The molecule has 0 bridgehead atoms. The SMILES string of the molecule is CCCC1CCC(CC(c2ccc(Br)cc2)c2ccc(OC3CCCCO3)cc2)CC1. The summed E-state index contributed by atoms with van der Waals surface area (Å²) in [4.78, 5) is 0. The normalized spacial score (nSPS) is 25.2. The van der Waals surface area contributed by atoms with Crippen molar-refractivity contribution in [3.8, 4) is 5.75 Å². The standard InChI is InChI=1S/C28H37BrO2/c1-2-5-21-7-9-22(10-8-21)20-27(23-11-15-25(29)16-12-23)24-13-17-26(18-14-24)31-28-6-3-4-19-30-28/h11-18,21-22,27-28H,2-10,19-20H2,1H3. The van der Waals surface area contributed by atoms with Crippen molar-refractivity contribution in [3.63, 3.8) is 0 Å². The van der Waals surface area contributed by atoms with Gasteiger partial charge in [0.25, 0.3) is 0 Å². The lowest BCUT2D eigenvalue weighted by molar-refractivity contribution is -0.105. The van der Waals surface area contributed by atoms with Gasteiger partial charge in [0.05, 0.1) is 6.61 Å². The van der Waals surface area contributed by atoms with Crippen molar-refractivity contribution in [1.29, 1.82) is 0 Å². The predicted molar refractivity (Wildman–Crippen MR) is 132 cm³/mol. The molecule has 2 atom stereocenters. The van der Waals surface area contributed by atoms with Crippen LogP contribution in [0.4, 0.5) is 0 Å². The summed E-state index contributed by atoms with van der Waals surface area (Å²) >= 11 is 3.60. The molecule has 1 aliphatic heterocycles. The Hall–Kier alpha value is -1.32. The monoisotopic (exact) mass is 484 g/mol. The second kappa shape index (κ2) is 11.5.